The molecular formula is C10H10F2N2O3. The normalized spacial score (nSPS) is 10.0. The van der Waals surface area contributed by atoms with E-state index in [-0.39, 0.29) is 5.56 Å². The molecule has 0 saturated heterocycles. The number of hydrogen-bond donors (Lipinski definition) is 2. The Kier molecular flexibility index (Phi) is 4.53. The maximum atomic E-state index is 13.1. The van der Waals surface area contributed by atoms with Crippen molar-refractivity contribution in [3.63, 3.8) is 0 Å². The lowest BCUT2D eigenvalue weighted by atomic mass is 10.1. The van der Waals surface area contributed by atoms with Crippen LogP contribution in [-0.4, -0.2) is 18.4 Å². The number of primary amides is 1. The van der Waals surface area contributed by atoms with E-state index in [1.165, 1.54) is 12.1 Å². The number of amides is 2. The molecule has 0 aliphatic heterocycles. The molecule has 0 aromatic heterocycles. The lowest BCUT2D eigenvalue weighted by Crippen LogP contribution is -2.30. The molecule has 0 bridgehead atoms. The van der Waals surface area contributed by atoms with E-state index in [2.05, 4.69) is 4.84 Å². The Morgan fingerprint density at radius 2 is 2.06 bits per heavy atom. The molecule has 7 heteroatoms. The van der Waals surface area contributed by atoms with Crippen LogP contribution in [0.15, 0.2) is 18.2 Å². The van der Waals surface area contributed by atoms with Gasteiger partial charge in [0.25, 0.3) is 0 Å². The van der Waals surface area contributed by atoms with Crippen molar-refractivity contribution in [1.82, 2.24) is 5.48 Å². The third-order valence-corrected chi connectivity index (χ3v) is 1.78. The van der Waals surface area contributed by atoms with Gasteiger partial charge in [0.1, 0.15) is 0 Å². The van der Waals surface area contributed by atoms with Crippen molar-refractivity contribution in [3.8, 4) is 0 Å². The Bertz CT molecular complexity index is 438. The highest BCUT2D eigenvalue weighted by atomic mass is 19.2. The van der Waals surface area contributed by atoms with Gasteiger partial charge in [-0.1, -0.05) is 12.1 Å². The molecule has 1 rings (SSSR count). The summed E-state index contributed by atoms with van der Waals surface area (Å²) in [6.45, 7) is -0.489. The van der Waals surface area contributed by atoms with Gasteiger partial charge in [-0.3, -0.25) is 14.4 Å². The summed E-state index contributed by atoms with van der Waals surface area (Å²) in [5, 5.41) is 0. The number of rotatable bonds is 5. The van der Waals surface area contributed by atoms with E-state index >= 15 is 0 Å². The molecule has 0 aliphatic carbocycles. The average molecular weight is 244 g/mol. The van der Waals surface area contributed by atoms with Crippen molar-refractivity contribution in [2.24, 2.45) is 5.73 Å². The van der Waals surface area contributed by atoms with Crippen molar-refractivity contribution in [2.75, 3.05) is 6.61 Å². The topological polar surface area (TPSA) is 81.4 Å². The molecule has 0 radical (unpaired) electrons. The Hall–Kier alpha value is -2.02. The van der Waals surface area contributed by atoms with Crippen molar-refractivity contribution < 1.29 is 23.2 Å². The van der Waals surface area contributed by atoms with Gasteiger partial charge in [0, 0.05) is 5.56 Å². The molecule has 0 spiro atoms. The Morgan fingerprint density at radius 3 is 2.71 bits per heavy atom. The molecule has 0 aliphatic rings. The third kappa shape index (κ3) is 4.15. The molecular weight excluding hydrogens is 234 g/mol. The zero-order chi connectivity index (χ0) is 12.8. The summed E-state index contributed by atoms with van der Waals surface area (Å²) in [6, 6.07) is 3.50. The first-order valence-corrected chi connectivity index (χ1v) is 4.62. The fourth-order valence-corrected chi connectivity index (χ4v) is 1.08. The zero-order valence-corrected chi connectivity index (χ0v) is 8.70. The van der Waals surface area contributed by atoms with Crippen LogP contribution in [-0.2, 0) is 20.8 Å². The maximum absolute atomic E-state index is 13.1. The number of benzene rings is 1. The minimum Gasteiger partial charge on any atom is -0.368 e. The summed E-state index contributed by atoms with van der Waals surface area (Å²) in [7, 11) is 0. The van der Waals surface area contributed by atoms with Crippen LogP contribution in [0.3, 0.4) is 0 Å². The lowest BCUT2D eigenvalue weighted by Gasteiger charge is -2.05. The zero-order valence-electron chi connectivity index (χ0n) is 8.70. The highest BCUT2D eigenvalue weighted by Gasteiger charge is 2.11. The summed E-state index contributed by atoms with van der Waals surface area (Å²) in [5.41, 5.74) is 6.52. The predicted octanol–water partition coefficient (Wildman–Crippen LogP) is 0.0404. The average Bonchev–Trinajstić information content (AvgIpc) is 2.24. The lowest BCUT2D eigenvalue weighted by molar-refractivity contribution is -0.137. The van der Waals surface area contributed by atoms with E-state index < -0.39 is 36.5 Å². The van der Waals surface area contributed by atoms with Gasteiger partial charge >= 0.3 is 0 Å². The van der Waals surface area contributed by atoms with Crippen LogP contribution >= 0.6 is 0 Å². The van der Waals surface area contributed by atoms with E-state index in [9.17, 15) is 18.4 Å². The van der Waals surface area contributed by atoms with Crippen LogP contribution in [0.4, 0.5) is 8.78 Å². The number of hydroxylamine groups is 1. The highest BCUT2D eigenvalue weighted by molar-refractivity contribution is 5.78. The third-order valence-electron chi connectivity index (χ3n) is 1.78. The Labute approximate surface area is 95.5 Å². The van der Waals surface area contributed by atoms with Crippen LogP contribution in [0.5, 0.6) is 0 Å². The smallest absolute Gasteiger partial charge is 0.248 e. The second kappa shape index (κ2) is 5.90. The molecule has 2 amide bonds. The SMILES string of the molecule is NC(=O)CONC(=O)Cc1cccc(F)c1F. The van der Waals surface area contributed by atoms with Gasteiger partial charge in [-0.15, -0.1) is 0 Å². The minimum absolute atomic E-state index is 0.106. The molecule has 5 nitrogen and oxygen atoms in total. The highest BCUT2D eigenvalue weighted by Crippen LogP contribution is 2.11. The fourth-order valence-electron chi connectivity index (χ4n) is 1.08. The first-order chi connectivity index (χ1) is 8.00. The molecule has 1 aromatic rings. The largest absolute Gasteiger partial charge is 0.368 e. The molecule has 92 valence electrons. The predicted molar refractivity (Wildman–Crippen MR) is 53.4 cm³/mol. The van der Waals surface area contributed by atoms with Crippen molar-refractivity contribution in [2.45, 2.75) is 6.42 Å². The van der Waals surface area contributed by atoms with Gasteiger partial charge < -0.3 is 5.73 Å². The molecule has 0 fully saturated rings. The summed E-state index contributed by atoms with van der Waals surface area (Å²) in [5.74, 6) is -3.59. The van der Waals surface area contributed by atoms with Gasteiger partial charge in [0.15, 0.2) is 18.2 Å². The number of carbonyl (C=O) groups excluding carboxylic acids is 2. The first kappa shape index (κ1) is 13.0. The van der Waals surface area contributed by atoms with E-state index in [0.717, 1.165) is 6.07 Å². The van der Waals surface area contributed by atoms with Gasteiger partial charge in [0.05, 0.1) is 6.42 Å². The van der Waals surface area contributed by atoms with Crippen LogP contribution < -0.4 is 11.2 Å². The number of carbonyl (C=O) groups is 2. The van der Waals surface area contributed by atoms with Crippen molar-refractivity contribution in [1.29, 1.82) is 0 Å². The number of hydrogen-bond acceptors (Lipinski definition) is 3. The molecule has 1 aromatic carbocycles. The molecule has 0 saturated carbocycles. The van der Waals surface area contributed by atoms with E-state index in [1.807, 2.05) is 5.48 Å². The van der Waals surface area contributed by atoms with Crippen LogP contribution in [0.2, 0.25) is 0 Å². The second-order valence-electron chi connectivity index (χ2n) is 3.17. The van der Waals surface area contributed by atoms with Crippen LogP contribution in [0, 0.1) is 11.6 Å². The summed E-state index contributed by atoms with van der Waals surface area (Å²) < 4.78 is 25.9. The fraction of sp³-hybridized carbons (Fsp3) is 0.200. The summed E-state index contributed by atoms with van der Waals surface area (Å²) in [6.07, 6.45) is -0.400. The second-order valence-corrected chi connectivity index (χ2v) is 3.17. The molecule has 17 heavy (non-hydrogen) atoms. The summed E-state index contributed by atoms with van der Waals surface area (Å²) >= 11 is 0. The van der Waals surface area contributed by atoms with Gasteiger partial charge in [0.2, 0.25) is 11.8 Å². The van der Waals surface area contributed by atoms with Crippen molar-refractivity contribution >= 4 is 11.8 Å². The van der Waals surface area contributed by atoms with E-state index in [0.29, 0.717) is 0 Å². The minimum atomic E-state index is -1.09. The molecule has 0 atom stereocenters. The monoisotopic (exact) mass is 244 g/mol. The first-order valence-electron chi connectivity index (χ1n) is 4.62. The molecule has 0 unspecified atom stereocenters. The van der Waals surface area contributed by atoms with Crippen molar-refractivity contribution in [3.05, 3.63) is 35.4 Å². The standard InChI is InChI=1S/C10H10F2N2O3/c11-7-3-1-2-6(10(7)12)4-9(16)14-17-5-8(13)15/h1-3H,4-5H2,(H2,13,15)(H,14,16). The van der Waals surface area contributed by atoms with Gasteiger partial charge in [-0.2, -0.15) is 0 Å². The van der Waals surface area contributed by atoms with E-state index in [4.69, 9.17) is 5.73 Å². The Balaban J connectivity index is 2.51. The summed E-state index contributed by atoms with van der Waals surface area (Å²) in [4.78, 5) is 25.9. The number of nitrogens with one attached hydrogen (secondary N) is 1. The van der Waals surface area contributed by atoms with Crippen LogP contribution in [0.25, 0.3) is 0 Å². The van der Waals surface area contributed by atoms with Crippen LogP contribution in [0.1, 0.15) is 5.56 Å². The number of halogens is 2. The maximum Gasteiger partial charge on any atom is 0.248 e. The quantitative estimate of drug-likeness (QED) is 0.717. The molecule has 0 heterocycles. The molecule has 3 N–H and O–H groups in total. The van der Waals surface area contributed by atoms with E-state index in [1.54, 1.807) is 0 Å². The Morgan fingerprint density at radius 1 is 1.35 bits per heavy atom. The van der Waals surface area contributed by atoms with Gasteiger partial charge in [-0.05, 0) is 6.07 Å². The number of nitrogens with two attached hydrogens (primary N) is 1. The van der Waals surface area contributed by atoms with Gasteiger partial charge in [-0.25, -0.2) is 14.3 Å².